The Bertz CT molecular complexity index is 544. The lowest BCUT2D eigenvalue weighted by Gasteiger charge is -2.34. The topological polar surface area (TPSA) is 42.4 Å². The van der Waals surface area contributed by atoms with Gasteiger partial charge in [0.15, 0.2) is 0 Å². The van der Waals surface area contributed by atoms with Crippen molar-refractivity contribution >= 4 is 22.0 Å². The number of alkyl halides is 2. The van der Waals surface area contributed by atoms with Gasteiger partial charge in [-0.05, 0) is 42.8 Å². The quantitative estimate of drug-likeness (QED) is 0.718. The Morgan fingerprint density at radius 3 is 2.75 bits per heavy atom. The van der Waals surface area contributed by atoms with Crippen molar-refractivity contribution in [3.05, 3.63) is 28.0 Å². The third kappa shape index (κ3) is 3.26. The third-order valence-corrected chi connectivity index (χ3v) is 3.12. The molecule has 1 aromatic rings. The van der Waals surface area contributed by atoms with Crippen LogP contribution in [-0.2, 0) is 17.2 Å². The normalized spacial score (nSPS) is 17.6. The first-order valence-corrected chi connectivity index (χ1v) is 6.88. The van der Waals surface area contributed by atoms with Crippen molar-refractivity contribution in [2.45, 2.75) is 38.8 Å². The molecule has 0 fully saturated rings. The molecule has 0 bridgehead atoms. The summed E-state index contributed by atoms with van der Waals surface area (Å²) < 4.78 is 33.8. The molecule has 0 radical (unpaired) electrons. The number of halogens is 3. The number of carbonyl (C=O) groups is 1. The minimum atomic E-state index is -3.18. The predicted octanol–water partition coefficient (Wildman–Crippen LogP) is 3.69. The molecule has 0 unspecified atom stereocenters. The molecule has 1 aromatic heterocycles. The second-order valence-corrected chi connectivity index (χ2v) is 6.62. The zero-order chi connectivity index (χ0) is 15.1. The van der Waals surface area contributed by atoms with Crippen LogP contribution in [0.4, 0.5) is 13.6 Å². The SMILES string of the molecule is CC(C)(C)OC(=O)N1Cc2cc(Br)cnc2C(F)(F)C1. The fourth-order valence-corrected chi connectivity index (χ4v) is 2.34. The number of pyridine rings is 1. The first-order chi connectivity index (χ1) is 9.08. The fraction of sp³-hybridized carbons (Fsp3) is 0.538. The molecular weight excluding hydrogens is 334 g/mol. The van der Waals surface area contributed by atoms with Crippen molar-refractivity contribution in [1.29, 1.82) is 0 Å². The van der Waals surface area contributed by atoms with E-state index in [9.17, 15) is 13.6 Å². The van der Waals surface area contributed by atoms with Gasteiger partial charge in [-0.3, -0.25) is 9.88 Å². The van der Waals surface area contributed by atoms with Crippen LogP contribution < -0.4 is 0 Å². The van der Waals surface area contributed by atoms with Gasteiger partial charge >= 0.3 is 12.0 Å². The van der Waals surface area contributed by atoms with E-state index in [4.69, 9.17) is 4.74 Å². The van der Waals surface area contributed by atoms with Gasteiger partial charge in [-0.2, -0.15) is 8.78 Å². The molecule has 0 aromatic carbocycles. The van der Waals surface area contributed by atoms with E-state index in [0.717, 1.165) is 4.90 Å². The van der Waals surface area contributed by atoms with Gasteiger partial charge in [0, 0.05) is 16.2 Å². The predicted molar refractivity (Wildman–Crippen MR) is 72.5 cm³/mol. The Labute approximate surface area is 124 Å². The van der Waals surface area contributed by atoms with Gasteiger partial charge in [-0.15, -0.1) is 0 Å². The maximum Gasteiger partial charge on any atom is 0.410 e. The lowest BCUT2D eigenvalue weighted by Crippen LogP contribution is -2.46. The highest BCUT2D eigenvalue weighted by atomic mass is 79.9. The van der Waals surface area contributed by atoms with E-state index in [1.54, 1.807) is 26.8 Å². The Balaban J connectivity index is 2.28. The monoisotopic (exact) mass is 348 g/mol. The van der Waals surface area contributed by atoms with Gasteiger partial charge in [0.2, 0.25) is 0 Å². The maximum atomic E-state index is 14.0. The smallest absolute Gasteiger partial charge is 0.410 e. The van der Waals surface area contributed by atoms with E-state index in [2.05, 4.69) is 20.9 Å². The molecule has 1 amide bonds. The number of hydrogen-bond acceptors (Lipinski definition) is 3. The molecule has 0 N–H and O–H groups in total. The summed E-state index contributed by atoms with van der Waals surface area (Å²) in [5.74, 6) is -3.18. The average Bonchev–Trinajstić information content (AvgIpc) is 2.24. The number of amides is 1. The Morgan fingerprint density at radius 1 is 1.50 bits per heavy atom. The van der Waals surface area contributed by atoms with Crippen molar-refractivity contribution in [2.24, 2.45) is 0 Å². The molecule has 1 aliphatic rings. The van der Waals surface area contributed by atoms with Gasteiger partial charge in [-0.25, -0.2) is 4.79 Å². The van der Waals surface area contributed by atoms with E-state index in [1.165, 1.54) is 6.20 Å². The minimum absolute atomic E-state index is 0.0618. The van der Waals surface area contributed by atoms with Gasteiger partial charge < -0.3 is 4.74 Å². The van der Waals surface area contributed by atoms with Crippen molar-refractivity contribution in [2.75, 3.05) is 6.54 Å². The van der Waals surface area contributed by atoms with Gasteiger partial charge in [0.05, 0.1) is 13.1 Å². The summed E-state index contributed by atoms with van der Waals surface area (Å²) in [5.41, 5.74) is -0.677. The summed E-state index contributed by atoms with van der Waals surface area (Å²) in [6.45, 7) is 4.42. The fourth-order valence-electron chi connectivity index (χ4n) is 1.96. The van der Waals surface area contributed by atoms with Crippen LogP contribution in [0.15, 0.2) is 16.7 Å². The number of rotatable bonds is 0. The molecule has 7 heteroatoms. The van der Waals surface area contributed by atoms with Gasteiger partial charge in [0.1, 0.15) is 11.3 Å². The molecule has 2 rings (SSSR count). The lowest BCUT2D eigenvalue weighted by atomic mass is 10.0. The molecule has 0 saturated heterocycles. The molecule has 0 spiro atoms. The Morgan fingerprint density at radius 2 is 2.15 bits per heavy atom. The summed E-state index contributed by atoms with van der Waals surface area (Å²) in [7, 11) is 0. The maximum absolute atomic E-state index is 14.0. The van der Waals surface area contributed by atoms with Crippen molar-refractivity contribution < 1.29 is 18.3 Å². The van der Waals surface area contributed by atoms with Crippen molar-refractivity contribution in [3.63, 3.8) is 0 Å². The van der Waals surface area contributed by atoms with Crippen LogP contribution >= 0.6 is 15.9 Å². The average molecular weight is 349 g/mol. The van der Waals surface area contributed by atoms with Crippen molar-refractivity contribution in [1.82, 2.24) is 9.88 Å². The summed E-state index contributed by atoms with van der Waals surface area (Å²) in [6, 6.07) is 1.55. The van der Waals surface area contributed by atoms with Crippen LogP contribution in [0.5, 0.6) is 0 Å². The van der Waals surface area contributed by atoms with E-state index < -0.39 is 24.2 Å². The van der Waals surface area contributed by atoms with Crippen LogP contribution in [0, 0.1) is 0 Å². The molecule has 0 atom stereocenters. The molecule has 1 aliphatic heterocycles. The highest BCUT2D eigenvalue weighted by Gasteiger charge is 2.44. The molecule has 2 heterocycles. The third-order valence-electron chi connectivity index (χ3n) is 2.68. The number of nitrogens with zero attached hydrogens (tertiary/aromatic N) is 2. The summed E-state index contributed by atoms with van der Waals surface area (Å²) in [6.07, 6.45) is 0.582. The van der Waals surface area contributed by atoms with Crippen LogP contribution in [0.2, 0.25) is 0 Å². The molecule has 0 aliphatic carbocycles. The number of aromatic nitrogens is 1. The van der Waals surface area contributed by atoms with Gasteiger partial charge in [0.25, 0.3) is 0 Å². The van der Waals surface area contributed by atoms with Crippen LogP contribution in [0.1, 0.15) is 32.0 Å². The minimum Gasteiger partial charge on any atom is -0.444 e. The van der Waals surface area contributed by atoms with Crippen LogP contribution in [0.25, 0.3) is 0 Å². The highest BCUT2D eigenvalue weighted by Crippen LogP contribution is 2.36. The summed E-state index contributed by atoms with van der Waals surface area (Å²) >= 11 is 3.19. The number of hydrogen-bond donors (Lipinski definition) is 0. The zero-order valence-corrected chi connectivity index (χ0v) is 13.0. The van der Waals surface area contributed by atoms with E-state index in [-0.39, 0.29) is 12.2 Å². The van der Waals surface area contributed by atoms with E-state index in [1.807, 2.05) is 0 Å². The largest absolute Gasteiger partial charge is 0.444 e. The number of ether oxygens (including phenoxy) is 1. The Kier molecular flexibility index (Phi) is 3.75. The van der Waals surface area contributed by atoms with E-state index >= 15 is 0 Å². The first-order valence-electron chi connectivity index (χ1n) is 6.09. The molecule has 0 saturated carbocycles. The second-order valence-electron chi connectivity index (χ2n) is 5.70. The molecule has 20 heavy (non-hydrogen) atoms. The number of carbonyl (C=O) groups excluding carboxylic acids is 1. The molecule has 4 nitrogen and oxygen atoms in total. The number of fused-ring (bicyclic) bond motifs is 1. The highest BCUT2D eigenvalue weighted by molar-refractivity contribution is 9.10. The molecule has 110 valence electrons. The van der Waals surface area contributed by atoms with Gasteiger partial charge in [-0.1, -0.05) is 0 Å². The Hall–Kier alpha value is -1.24. The van der Waals surface area contributed by atoms with Crippen molar-refractivity contribution in [3.8, 4) is 0 Å². The van der Waals surface area contributed by atoms with Crippen LogP contribution in [0.3, 0.4) is 0 Å². The first kappa shape index (κ1) is 15.2. The van der Waals surface area contributed by atoms with Crippen LogP contribution in [-0.4, -0.2) is 28.1 Å². The summed E-state index contributed by atoms with van der Waals surface area (Å²) in [4.78, 5) is 16.7. The summed E-state index contributed by atoms with van der Waals surface area (Å²) in [5, 5.41) is 0. The standard InChI is InChI=1S/C13H15BrF2N2O2/c1-12(2,3)20-11(19)18-6-8-4-9(14)5-17-10(8)13(15,16)7-18/h4-5H,6-7H2,1-3H3. The zero-order valence-electron chi connectivity index (χ0n) is 11.4. The van der Waals surface area contributed by atoms with E-state index in [0.29, 0.717) is 10.0 Å². The second kappa shape index (κ2) is 4.95. The lowest BCUT2D eigenvalue weighted by molar-refractivity contribution is -0.0624. The molecular formula is C13H15BrF2N2O2.